The highest BCUT2D eigenvalue weighted by Crippen LogP contribution is 2.51. The molecule has 3 aliphatic rings. The zero-order chi connectivity index (χ0) is 28.7. The molecule has 210 valence electrons. The molecular weight excluding hydrogens is 530 g/mol. The van der Waals surface area contributed by atoms with Gasteiger partial charge in [-0.1, -0.05) is 0 Å². The van der Waals surface area contributed by atoms with Crippen LogP contribution < -0.4 is 15.6 Å². The zero-order valence-electron chi connectivity index (χ0n) is 22.8. The van der Waals surface area contributed by atoms with E-state index in [-0.39, 0.29) is 22.7 Å². The van der Waals surface area contributed by atoms with Gasteiger partial charge < -0.3 is 24.8 Å². The van der Waals surface area contributed by atoms with E-state index in [1.807, 2.05) is 0 Å². The van der Waals surface area contributed by atoms with Crippen LogP contribution in [0.25, 0.3) is 33.3 Å². The second-order valence-corrected chi connectivity index (χ2v) is 11.3. The molecule has 2 N–H and O–H groups in total. The van der Waals surface area contributed by atoms with E-state index in [1.165, 1.54) is 16.8 Å². The van der Waals surface area contributed by atoms with Crippen molar-refractivity contribution in [1.29, 1.82) is 0 Å². The van der Waals surface area contributed by atoms with Gasteiger partial charge in [0.05, 0.1) is 22.5 Å². The van der Waals surface area contributed by atoms with Crippen LogP contribution in [0.5, 0.6) is 0 Å². The highest BCUT2D eigenvalue weighted by Gasteiger charge is 2.43. The topological polar surface area (TPSA) is 104 Å². The Morgan fingerprint density at radius 1 is 1.12 bits per heavy atom. The van der Waals surface area contributed by atoms with Crippen molar-refractivity contribution in [2.24, 2.45) is 13.0 Å². The molecule has 2 aliphatic heterocycles. The van der Waals surface area contributed by atoms with Crippen LogP contribution >= 0.6 is 0 Å². The number of nitrogens with one attached hydrogen (secondary N) is 1. The van der Waals surface area contributed by atoms with Crippen molar-refractivity contribution in [2.75, 3.05) is 43.9 Å². The van der Waals surface area contributed by atoms with Gasteiger partial charge in [-0.2, -0.15) is 0 Å². The SMILES string of the molecule is CNc1c(F)c(F)cc2c1Cc1ncc(-c3cnc4c(c3)c(=O)c(C(=O)O)cn4C)c(N3CC[C@H]4CN(C)CC43)c1-2. The Balaban J connectivity index is 1.51. The van der Waals surface area contributed by atoms with Crippen molar-refractivity contribution in [3.63, 3.8) is 0 Å². The number of aryl methyl sites for hydroxylation is 1. The number of aromatic nitrogens is 3. The Kier molecular flexibility index (Phi) is 5.66. The van der Waals surface area contributed by atoms with E-state index in [1.54, 1.807) is 32.6 Å². The molecule has 4 aromatic rings. The third-order valence-corrected chi connectivity index (χ3v) is 8.89. The fourth-order valence-corrected chi connectivity index (χ4v) is 7.08. The van der Waals surface area contributed by atoms with Crippen LogP contribution in [-0.2, 0) is 13.5 Å². The number of hydrogen-bond donors (Lipinski definition) is 2. The Morgan fingerprint density at radius 2 is 1.93 bits per heavy atom. The predicted octanol–water partition coefficient (Wildman–Crippen LogP) is 3.73. The number of anilines is 2. The highest BCUT2D eigenvalue weighted by atomic mass is 19.2. The van der Waals surface area contributed by atoms with Gasteiger partial charge in [-0.25, -0.2) is 18.6 Å². The molecule has 2 fully saturated rings. The first kappa shape index (κ1) is 25.6. The molecule has 2 atom stereocenters. The van der Waals surface area contributed by atoms with Gasteiger partial charge in [0.25, 0.3) is 0 Å². The van der Waals surface area contributed by atoms with Crippen LogP contribution in [0.15, 0.2) is 35.5 Å². The maximum Gasteiger partial charge on any atom is 0.341 e. The molecule has 9 nitrogen and oxygen atoms in total. The van der Waals surface area contributed by atoms with Gasteiger partial charge in [-0.3, -0.25) is 9.78 Å². The van der Waals surface area contributed by atoms with Gasteiger partial charge in [0.1, 0.15) is 11.2 Å². The van der Waals surface area contributed by atoms with E-state index in [9.17, 15) is 23.5 Å². The van der Waals surface area contributed by atoms with Crippen LogP contribution in [0.4, 0.5) is 20.2 Å². The van der Waals surface area contributed by atoms with Crippen LogP contribution in [0, 0.1) is 17.6 Å². The van der Waals surface area contributed by atoms with Crippen molar-refractivity contribution in [3.05, 3.63) is 69.4 Å². The maximum atomic E-state index is 14.9. The van der Waals surface area contributed by atoms with Gasteiger partial charge in [-0.15, -0.1) is 0 Å². The third-order valence-electron chi connectivity index (χ3n) is 8.89. The molecule has 1 aliphatic carbocycles. The van der Waals surface area contributed by atoms with Crippen molar-refractivity contribution < 1.29 is 18.7 Å². The lowest BCUT2D eigenvalue weighted by Crippen LogP contribution is -2.35. The number of aromatic carboxylic acids is 1. The summed E-state index contributed by atoms with van der Waals surface area (Å²) in [5.41, 5.74) is 4.44. The molecule has 0 amide bonds. The molecular formula is C30H28F2N6O3. The first-order valence-corrected chi connectivity index (χ1v) is 13.6. The monoisotopic (exact) mass is 558 g/mol. The lowest BCUT2D eigenvalue weighted by atomic mass is 9.96. The molecule has 0 saturated carbocycles. The number of hydrogen-bond acceptors (Lipinski definition) is 7. The molecule has 2 saturated heterocycles. The Hall–Kier alpha value is -4.38. The van der Waals surface area contributed by atoms with Gasteiger partial charge >= 0.3 is 5.97 Å². The number of rotatable bonds is 4. The van der Waals surface area contributed by atoms with Crippen molar-refractivity contribution >= 4 is 28.4 Å². The van der Waals surface area contributed by atoms with Gasteiger partial charge in [-0.05, 0) is 42.6 Å². The Morgan fingerprint density at radius 3 is 2.68 bits per heavy atom. The summed E-state index contributed by atoms with van der Waals surface area (Å²) < 4.78 is 31.2. The number of fused-ring (bicyclic) bond motifs is 5. The number of carbonyl (C=O) groups is 1. The van der Waals surface area contributed by atoms with Crippen molar-refractivity contribution in [2.45, 2.75) is 18.9 Å². The molecule has 7 rings (SSSR count). The second kappa shape index (κ2) is 9.07. The molecule has 1 aromatic carbocycles. The number of likely N-dealkylation sites (N-methyl/N-ethyl adjacent to an activating group) is 1. The standard InChI is InChI=1S/C30H28F2N6O3/c1-33-26-17-8-22-24(16(17)7-21(31)25(26)32)27(38-5-4-14-11-36(2)13-23(14)38)19(10-34-22)15-6-18-28(39)20(30(40)41)12-37(3)29(18)35-9-15/h6-7,9-10,12,14,23,33H,4-5,8,11,13H2,1-3H3,(H,40,41)/t14-,23?/m0/s1. The maximum absolute atomic E-state index is 14.9. The number of pyridine rings is 3. The summed E-state index contributed by atoms with van der Waals surface area (Å²) in [5.74, 6) is -2.69. The lowest BCUT2D eigenvalue weighted by molar-refractivity contribution is 0.0695. The fraction of sp³-hybridized carbons (Fsp3) is 0.333. The van der Waals surface area contributed by atoms with Gasteiger partial charge in [0, 0.05) is 81.5 Å². The predicted molar refractivity (Wildman–Crippen MR) is 152 cm³/mol. The van der Waals surface area contributed by atoms with Crippen LogP contribution in [0.2, 0.25) is 0 Å². The summed E-state index contributed by atoms with van der Waals surface area (Å²) >= 11 is 0. The molecule has 0 radical (unpaired) electrons. The molecule has 3 aromatic heterocycles. The quantitative estimate of drug-likeness (QED) is 0.344. The Labute approximate surface area is 234 Å². The average Bonchev–Trinajstić information content (AvgIpc) is 3.62. The summed E-state index contributed by atoms with van der Waals surface area (Å²) in [6, 6.07) is 3.15. The molecule has 1 unspecified atom stereocenters. The van der Waals surface area contributed by atoms with E-state index in [4.69, 9.17) is 4.98 Å². The van der Waals surface area contributed by atoms with E-state index in [0.717, 1.165) is 43.0 Å². The number of nitrogens with zero attached hydrogens (tertiary/aromatic N) is 5. The second-order valence-electron chi connectivity index (χ2n) is 11.3. The van der Waals surface area contributed by atoms with Crippen molar-refractivity contribution in [3.8, 4) is 22.3 Å². The van der Waals surface area contributed by atoms with Crippen LogP contribution in [0.1, 0.15) is 28.0 Å². The molecule has 11 heteroatoms. The number of carboxylic acids is 1. The van der Waals surface area contributed by atoms with E-state index < -0.39 is 23.0 Å². The third kappa shape index (κ3) is 3.68. The number of halogens is 2. The fourth-order valence-electron chi connectivity index (χ4n) is 7.08. The number of carboxylic acid groups (broad SMARTS) is 1. The summed E-state index contributed by atoms with van der Waals surface area (Å²) in [5, 5.41) is 12.6. The molecule has 0 bridgehead atoms. The summed E-state index contributed by atoms with van der Waals surface area (Å²) in [6.45, 7) is 2.64. The highest BCUT2D eigenvalue weighted by molar-refractivity contribution is 5.98. The minimum absolute atomic E-state index is 0.127. The van der Waals surface area contributed by atoms with E-state index in [0.29, 0.717) is 40.2 Å². The molecule has 0 spiro atoms. The van der Waals surface area contributed by atoms with Gasteiger partial charge in [0.2, 0.25) is 5.43 Å². The molecule has 5 heterocycles. The largest absolute Gasteiger partial charge is 0.477 e. The zero-order valence-corrected chi connectivity index (χ0v) is 22.8. The Bertz CT molecular complexity index is 1860. The average molecular weight is 559 g/mol. The lowest BCUT2D eigenvalue weighted by Gasteiger charge is -2.31. The number of likely N-dealkylation sites (tertiary alicyclic amines) is 1. The first-order valence-electron chi connectivity index (χ1n) is 13.6. The van der Waals surface area contributed by atoms with Crippen molar-refractivity contribution in [1.82, 2.24) is 19.4 Å². The summed E-state index contributed by atoms with van der Waals surface area (Å²) in [6.07, 6.45) is 6.02. The van der Waals surface area contributed by atoms with Crippen LogP contribution in [0.3, 0.4) is 0 Å². The first-order chi connectivity index (χ1) is 19.7. The van der Waals surface area contributed by atoms with E-state index in [2.05, 4.69) is 27.1 Å². The number of benzene rings is 1. The minimum atomic E-state index is -1.31. The van der Waals surface area contributed by atoms with Crippen LogP contribution in [-0.4, -0.2) is 70.3 Å². The summed E-state index contributed by atoms with van der Waals surface area (Å²) in [4.78, 5) is 38.9. The van der Waals surface area contributed by atoms with Gasteiger partial charge in [0.15, 0.2) is 11.6 Å². The minimum Gasteiger partial charge on any atom is -0.477 e. The normalized spacial score (nSPS) is 19.5. The smallest absolute Gasteiger partial charge is 0.341 e. The molecule has 41 heavy (non-hydrogen) atoms. The summed E-state index contributed by atoms with van der Waals surface area (Å²) in [7, 11) is 5.32. The van der Waals surface area contributed by atoms with E-state index >= 15 is 0 Å².